The Morgan fingerprint density at radius 1 is 1.16 bits per heavy atom. The lowest BCUT2D eigenvalue weighted by atomic mass is 10.1. The minimum Gasteiger partial charge on any atom is -0.379 e. The van der Waals surface area contributed by atoms with Gasteiger partial charge in [-0.05, 0) is 18.1 Å². The molecule has 0 aliphatic carbocycles. The van der Waals surface area contributed by atoms with Gasteiger partial charge < -0.3 is 15.0 Å². The quantitative estimate of drug-likeness (QED) is 0.877. The van der Waals surface area contributed by atoms with E-state index in [0.29, 0.717) is 19.6 Å². The number of anilines is 1. The normalized spacial score (nSPS) is 22.4. The zero-order chi connectivity index (χ0) is 17.9. The predicted molar refractivity (Wildman–Crippen MR) is 87.2 cm³/mol. The smallest absolute Gasteiger partial charge is 0.379 e. The first-order chi connectivity index (χ1) is 11.9. The van der Waals surface area contributed by atoms with Crippen LogP contribution in [-0.4, -0.2) is 67.3 Å². The van der Waals surface area contributed by atoms with Crippen molar-refractivity contribution in [1.29, 1.82) is 0 Å². The molecular formula is C17H22F3N3O2. The Kier molecular flexibility index (Phi) is 5.48. The highest BCUT2D eigenvalue weighted by Gasteiger charge is 2.39. The number of para-hydroxylation sites is 1. The molecule has 0 radical (unpaired) electrons. The number of likely N-dealkylation sites (tertiary alicyclic amines) is 1. The third kappa shape index (κ3) is 4.85. The fourth-order valence-corrected chi connectivity index (χ4v) is 3.23. The first-order valence-corrected chi connectivity index (χ1v) is 8.42. The molecule has 0 unspecified atom stereocenters. The van der Waals surface area contributed by atoms with E-state index in [1.807, 2.05) is 24.3 Å². The van der Waals surface area contributed by atoms with E-state index in [2.05, 4.69) is 10.2 Å². The number of carbonyl (C=O) groups is 1. The number of ether oxygens (including phenoxy) is 1. The van der Waals surface area contributed by atoms with E-state index in [1.165, 1.54) is 0 Å². The molecule has 2 saturated heterocycles. The Bertz CT molecular complexity index is 603. The molecule has 2 fully saturated rings. The van der Waals surface area contributed by atoms with Gasteiger partial charge in [0.05, 0.1) is 13.2 Å². The molecule has 3 rings (SSSR count). The van der Waals surface area contributed by atoms with E-state index in [-0.39, 0.29) is 6.54 Å². The lowest BCUT2D eigenvalue weighted by Gasteiger charge is -2.28. The Balaban J connectivity index is 1.64. The zero-order valence-electron chi connectivity index (χ0n) is 13.9. The van der Waals surface area contributed by atoms with Gasteiger partial charge in [-0.2, -0.15) is 13.2 Å². The second-order valence-corrected chi connectivity index (χ2v) is 6.41. The van der Waals surface area contributed by atoms with Crippen molar-refractivity contribution in [2.75, 3.05) is 44.7 Å². The predicted octanol–water partition coefficient (Wildman–Crippen LogP) is 2.09. The van der Waals surface area contributed by atoms with E-state index < -0.39 is 24.7 Å². The molecule has 2 aliphatic heterocycles. The Hall–Kier alpha value is -1.80. The first kappa shape index (κ1) is 18.0. The van der Waals surface area contributed by atoms with Crippen LogP contribution in [0.15, 0.2) is 24.3 Å². The van der Waals surface area contributed by atoms with Gasteiger partial charge in [-0.1, -0.05) is 18.2 Å². The van der Waals surface area contributed by atoms with Crippen LogP contribution in [0.25, 0.3) is 0 Å². The average Bonchev–Trinajstić information content (AvgIpc) is 2.89. The lowest BCUT2D eigenvalue weighted by Crippen LogP contribution is -2.39. The van der Waals surface area contributed by atoms with Gasteiger partial charge >= 0.3 is 6.18 Å². The molecule has 0 spiro atoms. The summed E-state index contributed by atoms with van der Waals surface area (Å²) in [6, 6.07) is 7.03. The summed E-state index contributed by atoms with van der Waals surface area (Å²) >= 11 is 0. The summed E-state index contributed by atoms with van der Waals surface area (Å²) in [6.07, 6.45) is -3.99. The number of benzene rings is 1. The fourth-order valence-electron chi connectivity index (χ4n) is 3.23. The van der Waals surface area contributed by atoms with Gasteiger partial charge in [0.2, 0.25) is 5.91 Å². The van der Waals surface area contributed by atoms with Crippen molar-refractivity contribution >= 4 is 11.6 Å². The Morgan fingerprint density at radius 2 is 1.88 bits per heavy atom. The monoisotopic (exact) mass is 357 g/mol. The van der Waals surface area contributed by atoms with Crippen LogP contribution in [0.2, 0.25) is 0 Å². The summed E-state index contributed by atoms with van der Waals surface area (Å²) in [5, 5.41) is 3.15. The minimum atomic E-state index is -4.36. The van der Waals surface area contributed by atoms with Crippen LogP contribution in [0, 0.1) is 0 Å². The van der Waals surface area contributed by atoms with Crippen LogP contribution < -0.4 is 5.32 Å². The molecule has 8 heteroatoms. The highest BCUT2D eigenvalue weighted by molar-refractivity contribution is 5.87. The SMILES string of the molecule is O=C1[C@H](Nc2ccccc2CN2CCOCC2)CCN1CC(F)(F)F. The minimum absolute atomic E-state index is 0.127. The number of hydrogen-bond acceptors (Lipinski definition) is 4. The maximum Gasteiger partial charge on any atom is 0.406 e. The van der Waals surface area contributed by atoms with Crippen LogP contribution in [0.5, 0.6) is 0 Å². The molecule has 25 heavy (non-hydrogen) atoms. The number of hydrogen-bond donors (Lipinski definition) is 1. The van der Waals surface area contributed by atoms with Crippen molar-refractivity contribution < 1.29 is 22.7 Å². The van der Waals surface area contributed by atoms with Crippen molar-refractivity contribution in [3.05, 3.63) is 29.8 Å². The molecule has 1 amide bonds. The number of nitrogens with one attached hydrogen (secondary N) is 1. The van der Waals surface area contributed by atoms with E-state index in [4.69, 9.17) is 4.74 Å². The maximum absolute atomic E-state index is 12.5. The second-order valence-electron chi connectivity index (χ2n) is 6.41. The van der Waals surface area contributed by atoms with Gasteiger partial charge in [0.25, 0.3) is 0 Å². The highest BCUT2D eigenvalue weighted by Crippen LogP contribution is 2.25. The van der Waals surface area contributed by atoms with Crippen molar-refractivity contribution in [3.63, 3.8) is 0 Å². The van der Waals surface area contributed by atoms with Gasteiger partial charge in [-0.25, -0.2) is 0 Å². The fraction of sp³-hybridized carbons (Fsp3) is 0.588. The molecule has 5 nitrogen and oxygen atoms in total. The van der Waals surface area contributed by atoms with Gasteiger partial charge in [-0.15, -0.1) is 0 Å². The molecule has 2 aliphatic rings. The summed E-state index contributed by atoms with van der Waals surface area (Å²) < 4.78 is 42.9. The van der Waals surface area contributed by atoms with Crippen molar-refractivity contribution in [3.8, 4) is 0 Å². The molecule has 1 aromatic rings. The summed E-state index contributed by atoms with van der Waals surface area (Å²) in [5.74, 6) is -0.487. The molecule has 0 aromatic heterocycles. The molecule has 1 atom stereocenters. The Morgan fingerprint density at radius 3 is 2.60 bits per heavy atom. The maximum atomic E-state index is 12.5. The highest BCUT2D eigenvalue weighted by atomic mass is 19.4. The molecule has 138 valence electrons. The van der Waals surface area contributed by atoms with Crippen LogP contribution in [-0.2, 0) is 16.1 Å². The van der Waals surface area contributed by atoms with Crippen molar-refractivity contribution in [2.45, 2.75) is 25.2 Å². The second kappa shape index (κ2) is 7.61. The van der Waals surface area contributed by atoms with Crippen molar-refractivity contribution in [2.24, 2.45) is 0 Å². The van der Waals surface area contributed by atoms with Gasteiger partial charge in [0, 0.05) is 31.9 Å². The third-order valence-electron chi connectivity index (χ3n) is 4.51. The van der Waals surface area contributed by atoms with Gasteiger partial charge in [0.15, 0.2) is 0 Å². The summed E-state index contributed by atoms with van der Waals surface area (Å²) in [6.45, 7) is 2.75. The van der Waals surface area contributed by atoms with Crippen LogP contribution in [0.3, 0.4) is 0 Å². The molecule has 1 aromatic carbocycles. The summed E-state index contributed by atoms with van der Waals surface area (Å²) in [4.78, 5) is 15.4. The molecule has 2 heterocycles. The first-order valence-electron chi connectivity index (χ1n) is 8.42. The number of amides is 1. The number of morpholine rings is 1. The van der Waals surface area contributed by atoms with E-state index >= 15 is 0 Å². The van der Waals surface area contributed by atoms with E-state index in [9.17, 15) is 18.0 Å². The molecular weight excluding hydrogens is 335 g/mol. The van der Waals surface area contributed by atoms with E-state index in [1.54, 1.807) is 0 Å². The van der Waals surface area contributed by atoms with Crippen LogP contribution in [0.4, 0.5) is 18.9 Å². The number of halogens is 3. The van der Waals surface area contributed by atoms with E-state index in [0.717, 1.165) is 35.8 Å². The average molecular weight is 357 g/mol. The summed E-state index contributed by atoms with van der Waals surface area (Å²) in [5.41, 5.74) is 1.84. The summed E-state index contributed by atoms with van der Waals surface area (Å²) in [7, 11) is 0. The van der Waals surface area contributed by atoms with Crippen LogP contribution in [0.1, 0.15) is 12.0 Å². The topological polar surface area (TPSA) is 44.8 Å². The zero-order valence-corrected chi connectivity index (χ0v) is 13.9. The standard InChI is InChI=1S/C17H22F3N3O2/c18-17(19,20)12-23-6-5-15(16(23)24)21-14-4-2-1-3-13(14)11-22-7-9-25-10-8-22/h1-4,15,21H,5-12H2/t15-/m1/s1. The Labute approximate surface area is 144 Å². The number of nitrogens with zero attached hydrogens (tertiary/aromatic N) is 2. The van der Waals surface area contributed by atoms with Crippen LogP contribution >= 0.6 is 0 Å². The molecule has 0 saturated carbocycles. The number of alkyl halides is 3. The van der Waals surface area contributed by atoms with Gasteiger partial charge in [-0.3, -0.25) is 9.69 Å². The third-order valence-corrected chi connectivity index (χ3v) is 4.51. The number of carbonyl (C=O) groups excluding carboxylic acids is 1. The largest absolute Gasteiger partial charge is 0.406 e. The molecule has 1 N–H and O–H groups in total. The van der Waals surface area contributed by atoms with Crippen molar-refractivity contribution in [1.82, 2.24) is 9.80 Å². The number of rotatable bonds is 5. The molecule has 0 bridgehead atoms. The lowest BCUT2D eigenvalue weighted by molar-refractivity contribution is -0.157. The van der Waals surface area contributed by atoms with Gasteiger partial charge in [0.1, 0.15) is 12.6 Å².